The highest BCUT2D eigenvalue weighted by atomic mass is 32.2. The van der Waals surface area contributed by atoms with Gasteiger partial charge < -0.3 is 0 Å². The first-order chi connectivity index (χ1) is 10.6. The second kappa shape index (κ2) is 5.88. The van der Waals surface area contributed by atoms with Gasteiger partial charge in [0.25, 0.3) is 5.91 Å². The highest BCUT2D eigenvalue weighted by Gasteiger charge is 2.35. The smallest absolute Gasteiger partial charge is 0.282 e. The van der Waals surface area contributed by atoms with Crippen molar-refractivity contribution in [2.45, 2.75) is 26.7 Å². The van der Waals surface area contributed by atoms with E-state index in [-0.39, 0.29) is 17.3 Å². The fourth-order valence-electron chi connectivity index (χ4n) is 2.25. The molecule has 0 aromatic heterocycles. The summed E-state index contributed by atoms with van der Waals surface area (Å²) < 4.78 is 0. The van der Waals surface area contributed by atoms with Crippen molar-refractivity contribution in [1.29, 1.82) is 5.41 Å². The van der Waals surface area contributed by atoms with Gasteiger partial charge in [0, 0.05) is 0 Å². The van der Waals surface area contributed by atoms with Crippen LogP contribution >= 0.6 is 11.8 Å². The summed E-state index contributed by atoms with van der Waals surface area (Å²) in [6.07, 6.45) is 3.52. The molecule has 5 nitrogen and oxygen atoms in total. The van der Waals surface area contributed by atoms with E-state index >= 15 is 0 Å². The van der Waals surface area contributed by atoms with Gasteiger partial charge in [-0.25, -0.2) is 0 Å². The molecule has 0 fully saturated rings. The SMILES string of the molecule is CCCC1=NN2C(=N)/C(=C\c3ccccc3C)C(=O)N=C2S1. The summed E-state index contributed by atoms with van der Waals surface area (Å²) in [5, 5.41) is 15.5. The Morgan fingerprint density at radius 2 is 2.14 bits per heavy atom. The number of rotatable bonds is 3. The predicted molar refractivity (Wildman–Crippen MR) is 91.1 cm³/mol. The third-order valence-electron chi connectivity index (χ3n) is 3.45. The van der Waals surface area contributed by atoms with Gasteiger partial charge in [0.1, 0.15) is 5.04 Å². The minimum atomic E-state index is -0.375. The van der Waals surface area contributed by atoms with Crippen LogP contribution < -0.4 is 0 Å². The molecule has 0 saturated heterocycles. The third-order valence-corrected chi connectivity index (χ3v) is 4.42. The number of benzene rings is 1. The third kappa shape index (κ3) is 2.62. The summed E-state index contributed by atoms with van der Waals surface area (Å²) >= 11 is 1.38. The van der Waals surface area contributed by atoms with Gasteiger partial charge in [-0.3, -0.25) is 10.2 Å². The van der Waals surface area contributed by atoms with E-state index in [4.69, 9.17) is 5.41 Å². The minimum Gasteiger partial charge on any atom is -0.282 e. The van der Waals surface area contributed by atoms with Gasteiger partial charge in [-0.15, -0.1) is 0 Å². The number of thioether (sulfide) groups is 1. The Morgan fingerprint density at radius 3 is 2.86 bits per heavy atom. The number of carbonyl (C=O) groups is 1. The second-order valence-electron chi connectivity index (χ2n) is 5.12. The summed E-state index contributed by atoms with van der Waals surface area (Å²) in [4.78, 5) is 16.3. The highest BCUT2D eigenvalue weighted by molar-refractivity contribution is 8.26. The lowest BCUT2D eigenvalue weighted by Gasteiger charge is -2.20. The molecule has 0 aliphatic carbocycles. The average Bonchev–Trinajstić information content (AvgIpc) is 2.88. The topological polar surface area (TPSA) is 68.9 Å². The first-order valence-electron chi connectivity index (χ1n) is 7.15. The Balaban J connectivity index is 1.97. The number of amidine groups is 2. The zero-order chi connectivity index (χ0) is 15.7. The first kappa shape index (κ1) is 14.7. The molecule has 0 saturated carbocycles. The molecule has 0 spiro atoms. The van der Waals surface area contributed by atoms with Crippen molar-refractivity contribution >= 4 is 39.8 Å². The largest absolute Gasteiger partial charge is 0.283 e. The molecule has 1 amide bonds. The number of amides is 1. The zero-order valence-electron chi connectivity index (χ0n) is 12.5. The van der Waals surface area contributed by atoms with Crippen LogP contribution in [0.2, 0.25) is 0 Å². The molecule has 0 atom stereocenters. The fraction of sp³-hybridized carbons (Fsp3) is 0.250. The maximum atomic E-state index is 12.2. The van der Waals surface area contributed by atoms with Crippen LogP contribution in [0.1, 0.15) is 30.9 Å². The van der Waals surface area contributed by atoms with Crippen molar-refractivity contribution < 1.29 is 4.79 Å². The van der Waals surface area contributed by atoms with Crippen molar-refractivity contribution in [3.63, 3.8) is 0 Å². The molecule has 22 heavy (non-hydrogen) atoms. The second-order valence-corrected chi connectivity index (χ2v) is 6.16. The number of hydrogen-bond acceptors (Lipinski definition) is 4. The van der Waals surface area contributed by atoms with Crippen LogP contribution in [0, 0.1) is 12.3 Å². The van der Waals surface area contributed by atoms with Crippen LogP contribution in [-0.4, -0.2) is 27.0 Å². The van der Waals surface area contributed by atoms with E-state index in [9.17, 15) is 4.79 Å². The maximum Gasteiger partial charge on any atom is 0.283 e. The van der Waals surface area contributed by atoms with E-state index in [0.717, 1.165) is 29.0 Å². The van der Waals surface area contributed by atoms with Crippen LogP contribution in [0.15, 0.2) is 39.9 Å². The molecule has 2 aliphatic rings. The first-order valence-corrected chi connectivity index (χ1v) is 7.96. The lowest BCUT2D eigenvalue weighted by atomic mass is 10.0. The Morgan fingerprint density at radius 1 is 1.36 bits per heavy atom. The number of aryl methyl sites for hydroxylation is 1. The predicted octanol–water partition coefficient (Wildman–Crippen LogP) is 3.41. The van der Waals surface area contributed by atoms with Gasteiger partial charge in [0.15, 0.2) is 5.84 Å². The molecule has 1 aromatic rings. The monoisotopic (exact) mass is 312 g/mol. The number of nitrogens with one attached hydrogen (secondary N) is 1. The van der Waals surface area contributed by atoms with Gasteiger partial charge in [-0.1, -0.05) is 31.2 Å². The fourth-order valence-corrected chi connectivity index (χ4v) is 3.24. The van der Waals surface area contributed by atoms with E-state index in [0.29, 0.717) is 5.17 Å². The molecule has 2 heterocycles. The molecule has 0 radical (unpaired) electrons. The van der Waals surface area contributed by atoms with Gasteiger partial charge in [-0.2, -0.15) is 15.1 Å². The molecular formula is C16H16N4OS. The van der Waals surface area contributed by atoms with Gasteiger partial charge >= 0.3 is 0 Å². The number of hydrogen-bond donors (Lipinski definition) is 1. The molecular weight excluding hydrogens is 296 g/mol. The minimum absolute atomic E-state index is 0.0943. The number of carbonyl (C=O) groups excluding carboxylic acids is 1. The highest BCUT2D eigenvalue weighted by Crippen LogP contribution is 2.29. The molecule has 3 rings (SSSR count). The Bertz CT molecular complexity index is 748. The van der Waals surface area contributed by atoms with Crippen molar-refractivity contribution in [2.24, 2.45) is 10.1 Å². The standard InChI is InChI=1S/C16H16N4OS/c1-3-6-13-19-20-14(17)12(15(21)18-16(20)22-13)9-11-8-5-4-7-10(11)2/h4-5,7-9,17H,3,6H2,1-2H3/b12-9+,17-14?. The van der Waals surface area contributed by atoms with Crippen LogP contribution in [0.25, 0.3) is 6.08 Å². The lowest BCUT2D eigenvalue weighted by molar-refractivity contribution is -0.114. The normalized spacial score (nSPS) is 19.4. The maximum absolute atomic E-state index is 12.2. The average molecular weight is 312 g/mol. The van der Waals surface area contributed by atoms with Gasteiger partial charge in [0.05, 0.1) is 5.57 Å². The van der Waals surface area contributed by atoms with Crippen molar-refractivity contribution in [3.8, 4) is 0 Å². The number of nitrogens with zero attached hydrogens (tertiary/aromatic N) is 3. The van der Waals surface area contributed by atoms with Crippen molar-refractivity contribution in [2.75, 3.05) is 0 Å². The van der Waals surface area contributed by atoms with Crippen LogP contribution in [0.3, 0.4) is 0 Å². The van der Waals surface area contributed by atoms with Crippen LogP contribution in [0.4, 0.5) is 0 Å². The van der Waals surface area contributed by atoms with E-state index in [1.54, 1.807) is 6.08 Å². The molecule has 0 unspecified atom stereocenters. The van der Waals surface area contributed by atoms with E-state index < -0.39 is 0 Å². The Hall–Kier alpha value is -2.21. The molecule has 1 N–H and O–H groups in total. The number of fused-ring (bicyclic) bond motifs is 1. The van der Waals surface area contributed by atoms with Crippen molar-refractivity contribution in [3.05, 3.63) is 41.0 Å². The summed E-state index contributed by atoms with van der Waals surface area (Å²) in [5.74, 6) is -0.281. The van der Waals surface area contributed by atoms with Crippen LogP contribution in [0.5, 0.6) is 0 Å². The van der Waals surface area contributed by atoms with E-state index in [1.165, 1.54) is 16.8 Å². The molecule has 1 aromatic carbocycles. The molecule has 0 bridgehead atoms. The van der Waals surface area contributed by atoms with E-state index in [1.807, 2.05) is 31.2 Å². The Labute approximate surface area is 133 Å². The van der Waals surface area contributed by atoms with Crippen LogP contribution in [-0.2, 0) is 4.79 Å². The van der Waals surface area contributed by atoms with E-state index in [2.05, 4.69) is 17.0 Å². The molecule has 2 aliphatic heterocycles. The lowest BCUT2D eigenvalue weighted by Crippen LogP contribution is -2.35. The number of aliphatic imine (C=N–C) groups is 1. The number of hydrazone groups is 1. The van der Waals surface area contributed by atoms with Gasteiger partial charge in [-0.05, 0) is 48.7 Å². The summed E-state index contributed by atoms with van der Waals surface area (Å²) in [5.41, 5.74) is 2.25. The van der Waals surface area contributed by atoms with Crippen molar-refractivity contribution in [1.82, 2.24) is 5.01 Å². The summed E-state index contributed by atoms with van der Waals surface area (Å²) in [6.45, 7) is 4.05. The van der Waals surface area contributed by atoms with Gasteiger partial charge in [0.2, 0.25) is 5.17 Å². The quantitative estimate of drug-likeness (QED) is 0.870. The molecule has 112 valence electrons. The zero-order valence-corrected chi connectivity index (χ0v) is 13.3. The summed E-state index contributed by atoms with van der Waals surface area (Å²) in [7, 11) is 0. The Kier molecular flexibility index (Phi) is 3.94. The molecule has 6 heteroatoms. The summed E-state index contributed by atoms with van der Waals surface area (Å²) in [6, 6.07) is 7.75.